The van der Waals surface area contributed by atoms with Gasteiger partial charge in [0.1, 0.15) is 0 Å². The summed E-state index contributed by atoms with van der Waals surface area (Å²) in [5.74, 6) is -0.576. The van der Waals surface area contributed by atoms with Crippen LogP contribution >= 0.6 is 0 Å². The summed E-state index contributed by atoms with van der Waals surface area (Å²) in [6.45, 7) is 2.45. The van der Waals surface area contributed by atoms with Gasteiger partial charge < -0.3 is 5.73 Å². The van der Waals surface area contributed by atoms with E-state index in [4.69, 9.17) is 5.73 Å². The topological polar surface area (TPSA) is 80.5 Å². The van der Waals surface area contributed by atoms with Crippen LogP contribution in [-0.4, -0.2) is 20.9 Å². The first-order chi connectivity index (χ1) is 10.9. The maximum absolute atomic E-state index is 12.9. The van der Waals surface area contributed by atoms with Gasteiger partial charge >= 0.3 is 0 Å². The van der Waals surface area contributed by atoms with Crippen LogP contribution < -0.4 is 10.0 Å². The third-order valence-electron chi connectivity index (χ3n) is 4.04. The number of nitrogens with zero attached hydrogens (tertiary/aromatic N) is 1. The van der Waals surface area contributed by atoms with Crippen LogP contribution in [0, 0.1) is 6.92 Å². The van der Waals surface area contributed by atoms with Crippen molar-refractivity contribution >= 4 is 21.6 Å². The van der Waals surface area contributed by atoms with Crippen molar-refractivity contribution in [3.05, 3.63) is 59.2 Å². The van der Waals surface area contributed by atoms with Crippen molar-refractivity contribution in [2.24, 2.45) is 5.73 Å². The molecule has 1 amide bonds. The molecule has 0 saturated heterocycles. The Balaban J connectivity index is 2.02. The van der Waals surface area contributed by atoms with E-state index >= 15 is 0 Å². The van der Waals surface area contributed by atoms with Gasteiger partial charge in [0.05, 0.1) is 10.6 Å². The van der Waals surface area contributed by atoms with E-state index in [0.29, 0.717) is 12.1 Å². The molecule has 0 radical (unpaired) electrons. The molecular formula is C17H18N2O3S. The minimum atomic E-state index is -3.65. The van der Waals surface area contributed by atoms with Crippen molar-refractivity contribution in [1.82, 2.24) is 0 Å². The fourth-order valence-corrected chi connectivity index (χ4v) is 4.40. The van der Waals surface area contributed by atoms with E-state index in [1.54, 1.807) is 0 Å². The Bertz CT molecular complexity index is 858. The van der Waals surface area contributed by atoms with Crippen LogP contribution in [0.3, 0.4) is 0 Å². The summed E-state index contributed by atoms with van der Waals surface area (Å²) in [4.78, 5) is 11.3. The lowest BCUT2D eigenvalue weighted by molar-refractivity contribution is 0.1000. The van der Waals surface area contributed by atoms with Crippen molar-refractivity contribution in [3.8, 4) is 0 Å². The van der Waals surface area contributed by atoms with Gasteiger partial charge in [0.25, 0.3) is 10.0 Å². The largest absolute Gasteiger partial charge is 0.366 e. The number of carbonyl (C=O) groups excluding carboxylic acids is 1. The van der Waals surface area contributed by atoms with Gasteiger partial charge in [0.15, 0.2) is 0 Å². The van der Waals surface area contributed by atoms with Gasteiger partial charge in [-0.05, 0) is 55.7 Å². The average Bonchev–Trinajstić information content (AvgIpc) is 2.54. The molecule has 1 aliphatic rings. The lowest BCUT2D eigenvalue weighted by atomic mass is 10.0. The zero-order valence-electron chi connectivity index (χ0n) is 12.8. The minimum Gasteiger partial charge on any atom is -0.366 e. The highest BCUT2D eigenvalue weighted by Gasteiger charge is 2.29. The standard InChI is InChI=1S/C17H18N2O3S/c1-12-4-9-16-14(11-12)3-2-10-19(16)23(21,22)15-7-5-13(6-8-15)17(18)20/h4-9,11H,2-3,10H2,1H3,(H2,18,20). The number of fused-ring (bicyclic) bond motifs is 1. The fraction of sp³-hybridized carbons (Fsp3) is 0.235. The molecule has 2 N–H and O–H groups in total. The van der Waals surface area contributed by atoms with Crippen LogP contribution in [0.15, 0.2) is 47.4 Å². The number of anilines is 1. The van der Waals surface area contributed by atoms with Crippen molar-refractivity contribution in [2.75, 3.05) is 10.8 Å². The first-order valence-electron chi connectivity index (χ1n) is 7.42. The number of amides is 1. The van der Waals surface area contributed by atoms with Gasteiger partial charge in [-0.1, -0.05) is 17.7 Å². The Morgan fingerprint density at radius 2 is 1.83 bits per heavy atom. The van der Waals surface area contributed by atoms with Crippen molar-refractivity contribution in [2.45, 2.75) is 24.7 Å². The SMILES string of the molecule is Cc1ccc2c(c1)CCCN2S(=O)(=O)c1ccc(C(N)=O)cc1. The second-order valence-corrected chi connectivity index (χ2v) is 7.56. The first-order valence-corrected chi connectivity index (χ1v) is 8.86. The fourth-order valence-electron chi connectivity index (χ4n) is 2.86. The lowest BCUT2D eigenvalue weighted by Gasteiger charge is -2.30. The van der Waals surface area contributed by atoms with Crippen molar-refractivity contribution in [3.63, 3.8) is 0 Å². The van der Waals surface area contributed by atoms with E-state index in [1.165, 1.54) is 28.6 Å². The monoisotopic (exact) mass is 330 g/mol. The van der Waals surface area contributed by atoms with E-state index in [1.807, 2.05) is 25.1 Å². The number of hydrogen-bond acceptors (Lipinski definition) is 3. The number of aryl methyl sites for hydroxylation is 2. The van der Waals surface area contributed by atoms with Crippen LogP contribution in [-0.2, 0) is 16.4 Å². The second kappa shape index (κ2) is 5.70. The predicted molar refractivity (Wildman–Crippen MR) is 89.0 cm³/mol. The third kappa shape index (κ3) is 2.82. The summed E-state index contributed by atoms with van der Waals surface area (Å²) in [5, 5.41) is 0. The minimum absolute atomic E-state index is 0.163. The van der Waals surface area contributed by atoms with Gasteiger partial charge in [-0.25, -0.2) is 8.42 Å². The Morgan fingerprint density at radius 1 is 1.13 bits per heavy atom. The van der Waals surface area contributed by atoms with Crippen LogP contribution in [0.2, 0.25) is 0 Å². The molecule has 2 aromatic rings. The molecular weight excluding hydrogens is 312 g/mol. The van der Waals surface area contributed by atoms with E-state index < -0.39 is 15.9 Å². The van der Waals surface area contributed by atoms with E-state index in [9.17, 15) is 13.2 Å². The Morgan fingerprint density at radius 3 is 2.48 bits per heavy atom. The number of rotatable bonds is 3. The Labute approximate surface area is 135 Å². The molecule has 1 aliphatic heterocycles. The molecule has 6 heteroatoms. The summed E-state index contributed by atoms with van der Waals surface area (Å²) >= 11 is 0. The average molecular weight is 330 g/mol. The number of sulfonamides is 1. The smallest absolute Gasteiger partial charge is 0.264 e. The number of hydrogen-bond donors (Lipinski definition) is 1. The molecule has 23 heavy (non-hydrogen) atoms. The highest BCUT2D eigenvalue weighted by Crippen LogP contribution is 2.32. The van der Waals surface area contributed by atoms with Crippen molar-refractivity contribution < 1.29 is 13.2 Å². The molecule has 0 aromatic heterocycles. The molecule has 5 nitrogen and oxygen atoms in total. The summed E-state index contributed by atoms with van der Waals surface area (Å²) < 4.78 is 27.3. The molecule has 2 aromatic carbocycles. The van der Waals surface area contributed by atoms with Gasteiger partial charge in [0, 0.05) is 12.1 Å². The second-order valence-electron chi connectivity index (χ2n) is 5.70. The maximum Gasteiger partial charge on any atom is 0.264 e. The molecule has 0 fully saturated rings. The molecule has 0 bridgehead atoms. The molecule has 0 saturated carbocycles. The molecule has 120 valence electrons. The number of carbonyl (C=O) groups is 1. The number of primary amides is 1. The zero-order chi connectivity index (χ0) is 16.6. The molecule has 1 heterocycles. The number of nitrogens with two attached hydrogens (primary N) is 1. The van der Waals surface area contributed by atoms with Crippen LogP contribution in [0.25, 0.3) is 0 Å². The van der Waals surface area contributed by atoms with Gasteiger partial charge in [-0.2, -0.15) is 0 Å². The summed E-state index contributed by atoms with van der Waals surface area (Å²) in [5.41, 5.74) is 8.39. The third-order valence-corrected chi connectivity index (χ3v) is 5.87. The summed E-state index contributed by atoms with van der Waals surface area (Å²) in [6.07, 6.45) is 1.67. The van der Waals surface area contributed by atoms with Crippen LogP contribution in [0.4, 0.5) is 5.69 Å². The number of benzene rings is 2. The molecule has 0 unspecified atom stereocenters. The quantitative estimate of drug-likeness (QED) is 0.937. The summed E-state index contributed by atoms with van der Waals surface area (Å²) in [7, 11) is -3.65. The first kappa shape index (κ1) is 15.6. The van der Waals surface area contributed by atoms with Gasteiger partial charge in [-0.3, -0.25) is 9.10 Å². The van der Waals surface area contributed by atoms with Crippen molar-refractivity contribution in [1.29, 1.82) is 0 Å². The summed E-state index contributed by atoms with van der Waals surface area (Å²) in [6, 6.07) is 11.6. The molecule has 0 spiro atoms. The van der Waals surface area contributed by atoms with E-state index in [0.717, 1.165) is 29.7 Å². The normalized spacial score (nSPS) is 14.4. The van der Waals surface area contributed by atoms with Gasteiger partial charge in [-0.15, -0.1) is 0 Å². The maximum atomic E-state index is 12.9. The highest BCUT2D eigenvalue weighted by molar-refractivity contribution is 7.92. The predicted octanol–water partition coefficient (Wildman–Crippen LogP) is 2.24. The van der Waals surface area contributed by atoms with E-state index in [2.05, 4.69) is 0 Å². The van der Waals surface area contributed by atoms with Crippen LogP contribution in [0.1, 0.15) is 27.9 Å². The zero-order valence-corrected chi connectivity index (χ0v) is 13.6. The Hall–Kier alpha value is -2.34. The molecule has 3 rings (SSSR count). The Kier molecular flexibility index (Phi) is 3.85. The van der Waals surface area contributed by atoms with Gasteiger partial charge in [0.2, 0.25) is 5.91 Å². The highest BCUT2D eigenvalue weighted by atomic mass is 32.2. The van der Waals surface area contributed by atoms with E-state index in [-0.39, 0.29) is 4.90 Å². The lowest BCUT2D eigenvalue weighted by Crippen LogP contribution is -2.35. The molecule has 0 atom stereocenters. The van der Waals surface area contributed by atoms with Crippen LogP contribution in [0.5, 0.6) is 0 Å². The molecule has 0 aliphatic carbocycles.